The van der Waals surface area contributed by atoms with Gasteiger partial charge in [-0.1, -0.05) is 17.7 Å². The zero-order valence-corrected chi connectivity index (χ0v) is 12.7. The first kappa shape index (κ1) is 15.1. The maximum Gasteiger partial charge on any atom is 0.274 e. The largest absolute Gasteiger partial charge is 0.495 e. The Balaban J connectivity index is 2.30. The fourth-order valence-electron chi connectivity index (χ4n) is 1.81. The van der Waals surface area contributed by atoms with Gasteiger partial charge in [0, 0.05) is 11.8 Å². The molecule has 2 rings (SSSR count). The number of pyridine rings is 1. The van der Waals surface area contributed by atoms with E-state index >= 15 is 0 Å². The molecule has 0 aliphatic carbocycles. The molecule has 6 heteroatoms. The van der Waals surface area contributed by atoms with E-state index in [0.29, 0.717) is 27.9 Å². The lowest BCUT2D eigenvalue weighted by Gasteiger charge is -2.13. The van der Waals surface area contributed by atoms with E-state index < -0.39 is 0 Å². The highest BCUT2D eigenvalue weighted by molar-refractivity contribution is 6.32. The predicted molar refractivity (Wildman–Crippen MR) is 81.5 cm³/mol. The Morgan fingerprint density at radius 1 is 1.19 bits per heavy atom. The maximum absolute atomic E-state index is 12.2. The zero-order chi connectivity index (χ0) is 15.4. The summed E-state index contributed by atoms with van der Waals surface area (Å²) in [6, 6.07) is 8.42. The molecule has 1 amide bonds. The van der Waals surface area contributed by atoms with Gasteiger partial charge in [-0.2, -0.15) is 0 Å². The maximum atomic E-state index is 12.2. The summed E-state index contributed by atoms with van der Waals surface area (Å²) in [6.45, 7) is 1.82. The van der Waals surface area contributed by atoms with Crippen LogP contribution in [-0.2, 0) is 0 Å². The molecule has 0 fully saturated rings. The van der Waals surface area contributed by atoms with E-state index in [4.69, 9.17) is 21.1 Å². The Morgan fingerprint density at radius 2 is 1.90 bits per heavy atom. The van der Waals surface area contributed by atoms with Crippen LogP contribution in [0.5, 0.6) is 11.5 Å². The molecule has 0 aliphatic rings. The smallest absolute Gasteiger partial charge is 0.274 e. The molecule has 0 saturated heterocycles. The van der Waals surface area contributed by atoms with Crippen molar-refractivity contribution >= 4 is 23.2 Å². The van der Waals surface area contributed by atoms with Crippen LogP contribution in [0.3, 0.4) is 0 Å². The molecule has 1 heterocycles. The van der Waals surface area contributed by atoms with Gasteiger partial charge in [0.2, 0.25) is 0 Å². The summed E-state index contributed by atoms with van der Waals surface area (Å²) < 4.78 is 10.3. The molecule has 2 aromatic rings. The van der Waals surface area contributed by atoms with E-state index in [1.54, 1.807) is 24.3 Å². The van der Waals surface area contributed by atoms with Crippen LogP contribution in [0, 0.1) is 6.92 Å². The Morgan fingerprint density at radius 3 is 2.52 bits per heavy atom. The predicted octanol–water partition coefficient (Wildman–Crippen LogP) is 3.31. The van der Waals surface area contributed by atoms with E-state index in [1.165, 1.54) is 14.2 Å². The van der Waals surface area contributed by atoms with Gasteiger partial charge in [0.25, 0.3) is 5.91 Å². The molecule has 0 spiro atoms. The third-order valence-electron chi connectivity index (χ3n) is 2.84. The normalized spacial score (nSPS) is 10.1. The molecule has 110 valence electrons. The Hall–Kier alpha value is -2.27. The van der Waals surface area contributed by atoms with Gasteiger partial charge in [0.15, 0.2) is 0 Å². The van der Waals surface area contributed by atoms with E-state index in [2.05, 4.69) is 10.3 Å². The fourth-order valence-corrected chi connectivity index (χ4v) is 2.05. The van der Waals surface area contributed by atoms with E-state index in [9.17, 15) is 4.79 Å². The molecule has 0 radical (unpaired) electrons. The summed E-state index contributed by atoms with van der Waals surface area (Å²) in [6.07, 6.45) is 0. The van der Waals surface area contributed by atoms with Crippen molar-refractivity contribution in [2.45, 2.75) is 6.92 Å². The third-order valence-corrected chi connectivity index (χ3v) is 3.14. The first-order valence-corrected chi connectivity index (χ1v) is 6.59. The van der Waals surface area contributed by atoms with Crippen molar-refractivity contribution in [2.75, 3.05) is 19.5 Å². The molecule has 0 bridgehead atoms. The van der Waals surface area contributed by atoms with Crippen LogP contribution in [-0.4, -0.2) is 25.1 Å². The monoisotopic (exact) mass is 306 g/mol. The lowest BCUT2D eigenvalue weighted by atomic mass is 10.2. The SMILES string of the molecule is COc1cc(OC)c(NC(=O)c2cccc(C)n2)cc1Cl. The van der Waals surface area contributed by atoms with Crippen LogP contribution in [0.15, 0.2) is 30.3 Å². The molecule has 0 aliphatic heterocycles. The summed E-state index contributed by atoms with van der Waals surface area (Å²) in [7, 11) is 3.01. The number of ether oxygens (including phenoxy) is 2. The summed E-state index contributed by atoms with van der Waals surface area (Å²) in [4.78, 5) is 16.4. The Labute approximate surface area is 127 Å². The van der Waals surface area contributed by atoms with E-state index in [1.807, 2.05) is 13.0 Å². The summed E-state index contributed by atoms with van der Waals surface area (Å²) in [5, 5.41) is 3.11. The zero-order valence-electron chi connectivity index (χ0n) is 11.9. The number of nitrogens with zero attached hydrogens (tertiary/aromatic N) is 1. The van der Waals surface area contributed by atoms with Gasteiger partial charge in [0.05, 0.1) is 24.9 Å². The van der Waals surface area contributed by atoms with Gasteiger partial charge < -0.3 is 14.8 Å². The lowest BCUT2D eigenvalue weighted by Crippen LogP contribution is -2.14. The highest BCUT2D eigenvalue weighted by atomic mass is 35.5. The Kier molecular flexibility index (Phi) is 4.65. The van der Waals surface area contributed by atoms with Gasteiger partial charge in [-0.3, -0.25) is 4.79 Å². The Bertz CT molecular complexity index is 674. The first-order valence-electron chi connectivity index (χ1n) is 6.21. The van der Waals surface area contributed by atoms with E-state index in [0.717, 1.165) is 5.69 Å². The number of aryl methyl sites for hydroxylation is 1. The van der Waals surface area contributed by atoms with Crippen molar-refractivity contribution < 1.29 is 14.3 Å². The molecule has 1 aromatic carbocycles. The molecule has 1 N–H and O–H groups in total. The highest BCUT2D eigenvalue weighted by Gasteiger charge is 2.14. The number of halogens is 1. The molecule has 21 heavy (non-hydrogen) atoms. The van der Waals surface area contributed by atoms with Gasteiger partial charge in [-0.25, -0.2) is 4.98 Å². The number of anilines is 1. The topological polar surface area (TPSA) is 60.5 Å². The number of methoxy groups -OCH3 is 2. The molecule has 0 saturated carbocycles. The molecular weight excluding hydrogens is 292 g/mol. The number of amides is 1. The second-order valence-corrected chi connectivity index (χ2v) is 4.71. The number of hydrogen-bond donors (Lipinski definition) is 1. The number of rotatable bonds is 4. The van der Waals surface area contributed by atoms with Gasteiger partial charge in [-0.15, -0.1) is 0 Å². The molecule has 0 unspecified atom stereocenters. The number of nitrogens with one attached hydrogen (secondary N) is 1. The second kappa shape index (κ2) is 6.45. The van der Waals surface area contributed by atoms with E-state index in [-0.39, 0.29) is 5.91 Å². The van der Waals surface area contributed by atoms with Crippen molar-refractivity contribution in [3.05, 3.63) is 46.7 Å². The summed E-state index contributed by atoms with van der Waals surface area (Å²) in [5.74, 6) is 0.593. The van der Waals surface area contributed by atoms with Crippen LogP contribution < -0.4 is 14.8 Å². The summed E-state index contributed by atoms with van der Waals surface area (Å²) >= 11 is 6.07. The number of benzene rings is 1. The average molecular weight is 307 g/mol. The highest BCUT2D eigenvalue weighted by Crippen LogP contribution is 2.36. The number of carbonyl (C=O) groups is 1. The molecular formula is C15H15ClN2O3. The lowest BCUT2D eigenvalue weighted by molar-refractivity contribution is 0.102. The number of carbonyl (C=O) groups excluding carboxylic acids is 1. The third kappa shape index (κ3) is 3.44. The van der Waals surface area contributed by atoms with Crippen molar-refractivity contribution in [2.24, 2.45) is 0 Å². The standard InChI is InChI=1S/C15H15ClN2O3/c1-9-5-4-6-11(17-9)15(19)18-12-7-10(16)13(20-2)8-14(12)21-3/h4-8H,1-3H3,(H,18,19). The van der Waals surface area contributed by atoms with Gasteiger partial charge in [-0.05, 0) is 25.1 Å². The van der Waals surface area contributed by atoms with Crippen LogP contribution in [0.1, 0.15) is 16.2 Å². The van der Waals surface area contributed by atoms with Crippen LogP contribution in [0.4, 0.5) is 5.69 Å². The van der Waals surface area contributed by atoms with Crippen LogP contribution in [0.2, 0.25) is 5.02 Å². The molecule has 5 nitrogen and oxygen atoms in total. The van der Waals surface area contributed by atoms with Crippen LogP contribution >= 0.6 is 11.6 Å². The minimum absolute atomic E-state index is 0.323. The molecule has 0 atom stereocenters. The van der Waals surface area contributed by atoms with Crippen molar-refractivity contribution in [3.63, 3.8) is 0 Å². The number of aromatic nitrogens is 1. The first-order chi connectivity index (χ1) is 10.0. The number of hydrogen-bond acceptors (Lipinski definition) is 4. The van der Waals surface area contributed by atoms with Crippen molar-refractivity contribution in [1.82, 2.24) is 4.98 Å². The van der Waals surface area contributed by atoms with Gasteiger partial charge in [0.1, 0.15) is 17.2 Å². The van der Waals surface area contributed by atoms with Crippen molar-refractivity contribution in [1.29, 1.82) is 0 Å². The fraction of sp³-hybridized carbons (Fsp3) is 0.200. The van der Waals surface area contributed by atoms with Crippen LogP contribution in [0.25, 0.3) is 0 Å². The quantitative estimate of drug-likeness (QED) is 0.941. The summed E-state index contributed by atoms with van der Waals surface area (Å²) in [5.41, 5.74) is 1.54. The van der Waals surface area contributed by atoms with Gasteiger partial charge >= 0.3 is 0 Å². The minimum atomic E-state index is -0.335. The second-order valence-electron chi connectivity index (χ2n) is 4.31. The average Bonchev–Trinajstić information content (AvgIpc) is 2.47. The minimum Gasteiger partial charge on any atom is -0.495 e. The van der Waals surface area contributed by atoms with Crippen molar-refractivity contribution in [3.8, 4) is 11.5 Å². The molecule has 1 aromatic heterocycles.